The van der Waals surface area contributed by atoms with Gasteiger partial charge < -0.3 is 4.89 Å². The third-order valence-electron chi connectivity index (χ3n) is 1.92. The quantitative estimate of drug-likeness (QED) is 0.585. The summed E-state index contributed by atoms with van der Waals surface area (Å²) in [4.78, 5) is 9.97. The second kappa shape index (κ2) is 3.13. The van der Waals surface area contributed by atoms with Crippen LogP contribution in [0.4, 0.5) is 0 Å². The van der Waals surface area contributed by atoms with Crippen LogP contribution in [0.3, 0.4) is 0 Å². The molecule has 3 heteroatoms. The highest BCUT2D eigenvalue weighted by atomic mass is 17.2. The first-order chi connectivity index (χ1) is 5.90. The lowest BCUT2D eigenvalue weighted by molar-refractivity contribution is -0.251. The fourth-order valence-corrected chi connectivity index (χ4v) is 1.26. The molecule has 1 unspecified atom stereocenters. The Morgan fingerprint density at radius 3 is 3.08 bits per heavy atom. The summed E-state index contributed by atoms with van der Waals surface area (Å²) < 4.78 is 0. The standard InChI is InChI=1S/C9H10NO2/c10-6-8-5-7-3-1-2-4-9(7)12-11-8/h1-4,8,10H,5-6H2. The zero-order valence-electron chi connectivity index (χ0n) is 6.62. The molecule has 1 radical (unpaired) electrons. The molecule has 0 amide bonds. The van der Waals surface area contributed by atoms with E-state index in [1.165, 1.54) is 0 Å². The van der Waals surface area contributed by atoms with E-state index in [0.717, 1.165) is 17.7 Å². The van der Waals surface area contributed by atoms with Crippen LogP contribution in [-0.2, 0) is 11.3 Å². The van der Waals surface area contributed by atoms with E-state index in [1.807, 2.05) is 24.3 Å². The van der Waals surface area contributed by atoms with Crippen molar-refractivity contribution in [1.82, 2.24) is 5.73 Å². The van der Waals surface area contributed by atoms with Crippen LogP contribution in [0, 0.1) is 0 Å². The highest BCUT2D eigenvalue weighted by molar-refractivity contribution is 5.34. The molecular formula is C9H10NO2. The van der Waals surface area contributed by atoms with Crippen LogP contribution < -0.4 is 10.6 Å². The van der Waals surface area contributed by atoms with Gasteiger partial charge in [0, 0.05) is 18.5 Å². The average Bonchev–Trinajstić information content (AvgIpc) is 2.17. The van der Waals surface area contributed by atoms with E-state index in [0.29, 0.717) is 0 Å². The Bertz CT molecular complexity index is 275. The van der Waals surface area contributed by atoms with Gasteiger partial charge in [-0.2, -0.15) is 4.89 Å². The number of para-hydroxylation sites is 1. The summed E-state index contributed by atoms with van der Waals surface area (Å²) >= 11 is 0. The highest BCUT2D eigenvalue weighted by Crippen LogP contribution is 2.24. The van der Waals surface area contributed by atoms with E-state index >= 15 is 0 Å². The van der Waals surface area contributed by atoms with Crippen LogP contribution in [0.25, 0.3) is 0 Å². The molecule has 0 saturated heterocycles. The van der Waals surface area contributed by atoms with Crippen molar-refractivity contribution in [3.63, 3.8) is 0 Å². The zero-order valence-corrected chi connectivity index (χ0v) is 6.62. The molecule has 12 heavy (non-hydrogen) atoms. The van der Waals surface area contributed by atoms with E-state index in [9.17, 15) is 0 Å². The second-order valence-corrected chi connectivity index (χ2v) is 2.82. The van der Waals surface area contributed by atoms with Gasteiger partial charge in [-0.05, 0) is 6.07 Å². The summed E-state index contributed by atoms with van der Waals surface area (Å²) in [5.41, 5.74) is 8.26. The van der Waals surface area contributed by atoms with Crippen LogP contribution in [0.5, 0.6) is 5.75 Å². The molecule has 1 atom stereocenters. The molecule has 2 rings (SSSR count). The average molecular weight is 164 g/mol. The van der Waals surface area contributed by atoms with E-state index in [2.05, 4.69) is 0 Å². The van der Waals surface area contributed by atoms with Gasteiger partial charge in [0.25, 0.3) is 0 Å². The molecule has 0 aliphatic carbocycles. The Labute approximate surface area is 71.0 Å². The molecule has 1 aromatic carbocycles. The predicted molar refractivity (Wildman–Crippen MR) is 43.6 cm³/mol. The lowest BCUT2D eigenvalue weighted by Crippen LogP contribution is -2.27. The Balaban J connectivity index is 2.23. The first kappa shape index (κ1) is 7.58. The van der Waals surface area contributed by atoms with Gasteiger partial charge in [0.1, 0.15) is 6.10 Å². The number of rotatable bonds is 1. The molecule has 1 aromatic rings. The molecule has 0 bridgehead atoms. The van der Waals surface area contributed by atoms with Gasteiger partial charge >= 0.3 is 0 Å². The lowest BCUT2D eigenvalue weighted by Gasteiger charge is -2.21. The van der Waals surface area contributed by atoms with E-state index in [1.54, 1.807) is 0 Å². The lowest BCUT2D eigenvalue weighted by atomic mass is 10.1. The maximum Gasteiger partial charge on any atom is 0.168 e. The monoisotopic (exact) mass is 164 g/mol. The van der Waals surface area contributed by atoms with Gasteiger partial charge in [-0.1, -0.05) is 18.2 Å². The van der Waals surface area contributed by atoms with Crippen LogP contribution in [0.1, 0.15) is 5.56 Å². The van der Waals surface area contributed by atoms with E-state index in [-0.39, 0.29) is 12.6 Å². The minimum atomic E-state index is -0.111. The number of benzene rings is 1. The van der Waals surface area contributed by atoms with Crippen molar-refractivity contribution in [1.29, 1.82) is 0 Å². The van der Waals surface area contributed by atoms with Crippen LogP contribution >= 0.6 is 0 Å². The first-order valence-corrected chi connectivity index (χ1v) is 3.96. The Morgan fingerprint density at radius 2 is 2.25 bits per heavy atom. The van der Waals surface area contributed by atoms with Crippen molar-refractivity contribution in [2.75, 3.05) is 6.54 Å². The molecule has 3 nitrogen and oxygen atoms in total. The van der Waals surface area contributed by atoms with Crippen LogP contribution in [0.15, 0.2) is 24.3 Å². The number of fused-ring (bicyclic) bond motifs is 1. The van der Waals surface area contributed by atoms with Gasteiger partial charge in [0.15, 0.2) is 5.75 Å². The van der Waals surface area contributed by atoms with E-state index < -0.39 is 0 Å². The van der Waals surface area contributed by atoms with Gasteiger partial charge in [0.2, 0.25) is 0 Å². The Morgan fingerprint density at radius 1 is 1.42 bits per heavy atom. The van der Waals surface area contributed by atoms with Gasteiger partial charge in [-0.3, -0.25) is 5.73 Å². The SMILES string of the molecule is [NH]CC1Cc2ccccc2OO1. The summed E-state index contributed by atoms with van der Waals surface area (Å²) in [5, 5.41) is 0. The molecule has 63 valence electrons. The largest absolute Gasteiger partial charge is 0.337 e. The first-order valence-electron chi connectivity index (χ1n) is 3.96. The molecular weight excluding hydrogens is 154 g/mol. The molecule has 0 saturated carbocycles. The highest BCUT2D eigenvalue weighted by Gasteiger charge is 2.19. The summed E-state index contributed by atoms with van der Waals surface area (Å²) in [6.45, 7) is 0.244. The van der Waals surface area contributed by atoms with Crippen molar-refractivity contribution in [3.05, 3.63) is 29.8 Å². The topological polar surface area (TPSA) is 42.3 Å². The molecule has 1 N–H and O–H groups in total. The number of nitrogens with one attached hydrogen (secondary N) is 1. The maximum absolute atomic E-state index is 7.13. The normalized spacial score (nSPS) is 21.2. The number of hydrogen-bond acceptors (Lipinski definition) is 2. The Kier molecular flexibility index (Phi) is 1.98. The summed E-state index contributed by atoms with van der Waals surface area (Å²) in [5.74, 6) is 0.780. The van der Waals surface area contributed by atoms with Crippen molar-refractivity contribution < 1.29 is 9.78 Å². The molecule has 1 aliphatic rings. The van der Waals surface area contributed by atoms with Crippen molar-refractivity contribution in [2.24, 2.45) is 0 Å². The smallest absolute Gasteiger partial charge is 0.168 e. The summed E-state index contributed by atoms with van der Waals surface area (Å²) in [7, 11) is 0. The van der Waals surface area contributed by atoms with Crippen molar-refractivity contribution in [2.45, 2.75) is 12.5 Å². The third kappa shape index (κ3) is 1.29. The van der Waals surface area contributed by atoms with Crippen LogP contribution in [-0.4, -0.2) is 12.6 Å². The molecule has 0 aromatic heterocycles. The third-order valence-corrected chi connectivity index (χ3v) is 1.92. The van der Waals surface area contributed by atoms with Crippen LogP contribution in [0.2, 0.25) is 0 Å². The number of hydrogen-bond donors (Lipinski definition) is 0. The Hall–Kier alpha value is -1.06. The fourth-order valence-electron chi connectivity index (χ4n) is 1.26. The fraction of sp³-hybridized carbons (Fsp3) is 0.333. The van der Waals surface area contributed by atoms with Gasteiger partial charge in [-0.15, -0.1) is 0 Å². The molecule has 0 spiro atoms. The molecule has 1 aliphatic heterocycles. The van der Waals surface area contributed by atoms with Crippen molar-refractivity contribution >= 4 is 0 Å². The summed E-state index contributed by atoms with van der Waals surface area (Å²) in [6, 6.07) is 7.74. The van der Waals surface area contributed by atoms with Crippen molar-refractivity contribution in [3.8, 4) is 5.75 Å². The minimum Gasteiger partial charge on any atom is -0.337 e. The molecule has 1 heterocycles. The maximum atomic E-state index is 7.13. The van der Waals surface area contributed by atoms with Gasteiger partial charge in [0.05, 0.1) is 0 Å². The minimum absolute atomic E-state index is 0.111. The zero-order chi connectivity index (χ0) is 8.39. The predicted octanol–water partition coefficient (Wildman–Crippen LogP) is 1.20. The van der Waals surface area contributed by atoms with Gasteiger partial charge in [-0.25, -0.2) is 0 Å². The second-order valence-electron chi connectivity index (χ2n) is 2.82. The summed E-state index contributed by atoms with van der Waals surface area (Å²) in [6.07, 6.45) is 0.666. The molecule has 0 fully saturated rings. The van der Waals surface area contributed by atoms with E-state index in [4.69, 9.17) is 15.5 Å².